The van der Waals surface area contributed by atoms with Crippen LogP contribution >= 0.6 is 0 Å². The molecule has 0 saturated heterocycles. The zero-order valence-corrected chi connectivity index (χ0v) is 14.5. The third-order valence-corrected chi connectivity index (χ3v) is 4.25. The quantitative estimate of drug-likeness (QED) is 0.409. The Morgan fingerprint density at radius 3 is 1.04 bits per heavy atom. The summed E-state index contributed by atoms with van der Waals surface area (Å²) in [4.78, 5) is 0. The van der Waals surface area contributed by atoms with E-state index in [1.54, 1.807) is 12.4 Å². The molecule has 130 valence electrons. The molecule has 4 N–H and O–H groups in total. The number of nitrogens with two attached hydrogens (primary N) is 2. The fourth-order valence-electron chi connectivity index (χ4n) is 2.86. The largest absolute Gasteiger partial charge is 0.323 e. The first-order chi connectivity index (χ1) is 12.8. The van der Waals surface area contributed by atoms with E-state index in [1.807, 2.05) is 24.3 Å². The lowest BCUT2D eigenvalue weighted by molar-refractivity contribution is 1.15. The number of hydrogen-bond acceptors (Lipinski definition) is 4. The Kier molecular flexibility index (Phi) is 5.78. The maximum Gasteiger partial charge on any atom is 0.0538 e. The van der Waals surface area contributed by atoms with Gasteiger partial charge < -0.3 is 11.7 Å². The van der Waals surface area contributed by atoms with Gasteiger partial charge in [-0.05, 0) is 46.2 Å². The minimum Gasteiger partial charge on any atom is -0.323 e. The molecule has 0 unspecified atom stereocenters. The third-order valence-electron chi connectivity index (χ3n) is 4.25. The van der Waals surface area contributed by atoms with Gasteiger partial charge in [0.2, 0.25) is 0 Å². The molecule has 26 heavy (non-hydrogen) atoms. The molecule has 0 atom stereocenters. The Hall–Kier alpha value is -3.40. The molecule has 0 aliphatic rings. The number of hydrazone groups is 2. The molecule has 0 amide bonds. The second-order valence-corrected chi connectivity index (χ2v) is 6.21. The Labute approximate surface area is 153 Å². The molecule has 0 spiro atoms. The zero-order chi connectivity index (χ0) is 18.2. The standard InChI is InChI=1S/C22H22N4/c23-25-15-21-9-5-19(6-10-21)13-17-1-2-18(4-3-17)14-20-7-11-22(12-8-20)16-26-24/h1-12,15-16H,13-14,23-24H2/b25-15+,26-16+. The summed E-state index contributed by atoms with van der Waals surface area (Å²) in [5.41, 5.74) is 7.14. The SMILES string of the molecule is N/N=C/c1ccc(Cc2ccc(Cc3ccc(/C=N/N)cc3)cc2)cc1. The lowest BCUT2D eigenvalue weighted by Crippen LogP contribution is -1.93. The van der Waals surface area contributed by atoms with E-state index in [9.17, 15) is 0 Å². The van der Waals surface area contributed by atoms with Gasteiger partial charge in [0, 0.05) is 0 Å². The zero-order valence-electron chi connectivity index (χ0n) is 14.5. The van der Waals surface area contributed by atoms with E-state index in [4.69, 9.17) is 11.7 Å². The Bertz CT molecular complexity index is 800. The third kappa shape index (κ3) is 4.80. The summed E-state index contributed by atoms with van der Waals surface area (Å²) in [7, 11) is 0. The van der Waals surface area contributed by atoms with Crippen molar-refractivity contribution in [3.8, 4) is 0 Å². The van der Waals surface area contributed by atoms with Crippen molar-refractivity contribution in [2.45, 2.75) is 12.8 Å². The van der Waals surface area contributed by atoms with Gasteiger partial charge in [-0.25, -0.2) is 0 Å². The van der Waals surface area contributed by atoms with Crippen LogP contribution in [0.25, 0.3) is 0 Å². The summed E-state index contributed by atoms with van der Waals surface area (Å²) in [5.74, 6) is 10.3. The first-order valence-electron chi connectivity index (χ1n) is 8.49. The highest BCUT2D eigenvalue weighted by molar-refractivity contribution is 5.79. The van der Waals surface area contributed by atoms with Crippen LogP contribution in [-0.2, 0) is 12.8 Å². The number of rotatable bonds is 6. The maximum atomic E-state index is 5.17. The van der Waals surface area contributed by atoms with E-state index in [0.29, 0.717) is 0 Å². The highest BCUT2D eigenvalue weighted by Crippen LogP contribution is 2.15. The molecular weight excluding hydrogens is 320 g/mol. The Morgan fingerprint density at radius 2 is 0.769 bits per heavy atom. The van der Waals surface area contributed by atoms with Gasteiger partial charge >= 0.3 is 0 Å². The topological polar surface area (TPSA) is 76.8 Å². The number of benzene rings is 3. The molecule has 0 aromatic heterocycles. The van der Waals surface area contributed by atoms with E-state index in [0.717, 1.165) is 24.0 Å². The van der Waals surface area contributed by atoms with Crippen LogP contribution in [0.2, 0.25) is 0 Å². The highest BCUT2D eigenvalue weighted by Gasteiger charge is 2.00. The summed E-state index contributed by atoms with van der Waals surface area (Å²) in [6.45, 7) is 0. The van der Waals surface area contributed by atoms with Gasteiger partial charge in [0.15, 0.2) is 0 Å². The lowest BCUT2D eigenvalue weighted by Gasteiger charge is -2.06. The van der Waals surface area contributed by atoms with Crippen LogP contribution in [0.4, 0.5) is 0 Å². The van der Waals surface area contributed by atoms with Gasteiger partial charge in [-0.15, -0.1) is 0 Å². The van der Waals surface area contributed by atoms with Crippen molar-refractivity contribution >= 4 is 12.4 Å². The smallest absolute Gasteiger partial charge is 0.0538 e. The molecule has 0 aliphatic heterocycles. The van der Waals surface area contributed by atoms with Crippen molar-refractivity contribution in [3.63, 3.8) is 0 Å². The average Bonchev–Trinajstić information content (AvgIpc) is 2.67. The van der Waals surface area contributed by atoms with Crippen molar-refractivity contribution in [2.24, 2.45) is 21.9 Å². The molecule has 0 aliphatic carbocycles. The van der Waals surface area contributed by atoms with Gasteiger partial charge in [-0.1, -0.05) is 72.8 Å². The summed E-state index contributed by atoms with van der Waals surface area (Å²) in [6, 6.07) is 25.3. The molecule has 0 heterocycles. The second kappa shape index (κ2) is 8.62. The van der Waals surface area contributed by atoms with E-state index in [2.05, 4.69) is 58.7 Å². The van der Waals surface area contributed by atoms with E-state index in [1.165, 1.54) is 22.3 Å². The maximum absolute atomic E-state index is 5.17. The van der Waals surface area contributed by atoms with Crippen molar-refractivity contribution in [1.29, 1.82) is 0 Å². The minimum atomic E-state index is 0.910. The molecule has 3 rings (SSSR count). The molecule has 0 bridgehead atoms. The predicted octanol–water partition coefficient (Wildman–Crippen LogP) is 3.45. The molecular formula is C22H22N4. The number of hydrogen-bond donors (Lipinski definition) is 2. The summed E-state index contributed by atoms with van der Waals surface area (Å²) in [6.07, 6.45) is 5.11. The first-order valence-corrected chi connectivity index (χ1v) is 8.49. The van der Waals surface area contributed by atoms with Crippen molar-refractivity contribution in [1.82, 2.24) is 0 Å². The summed E-state index contributed by atoms with van der Waals surface area (Å²) < 4.78 is 0. The van der Waals surface area contributed by atoms with Crippen molar-refractivity contribution < 1.29 is 0 Å². The fourth-order valence-corrected chi connectivity index (χ4v) is 2.86. The fraction of sp³-hybridized carbons (Fsp3) is 0.0909. The predicted molar refractivity (Wildman–Crippen MR) is 109 cm³/mol. The van der Waals surface area contributed by atoms with Gasteiger partial charge in [0.25, 0.3) is 0 Å². The molecule has 4 heteroatoms. The normalized spacial score (nSPS) is 11.4. The summed E-state index contributed by atoms with van der Waals surface area (Å²) in [5, 5.41) is 7.08. The van der Waals surface area contributed by atoms with Crippen molar-refractivity contribution in [3.05, 3.63) is 106 Å². The van der Waals surface area contributed by atoms with E-state index >= 15 is 0 Å². The molecule has 0 radical (unpaired) electrons. The average molecular weight is 342 g/mol. The van der Waals surface area contributed by atoms with Crippen LogP contribution in [0, 0.1) is 0 Å². The van der Waals surface area contributed by atoms with Crippen LogP contribution in [-0.4, -0.2) is 12.4 Å². The second-order valence-electron chi connectivity index (χ2n) is 6.21. The Balaban J connectivity index is 1.62. The first kappa shape index (κ1) is 17.4. The van der Waals surface area contributed by atoms with E-state index in [-0.39, 0.29) is 0 Å². The van der Waals surface area contributed by atoms with Crippen LogP contribution in [0.3, 0.4) is 0 Å². The molecule has 0 fully saturated rings. The van der Waals surface area contributed by atoms with Gasteiger partial charge in [0.05, 0.1) is 12.4 Å². The van der Waals surface area contributed by atoms with Gasteiger partial charge in [-0.3, -0.25) is 0 Å². The minimum absolute atomic E-state index is 0.910. The molecule has 3 aromatic rings. The van der Waals surface area contributed by atoms with Crippen LogP contribution < -0.4 is 11.7 Å². The molecule has 4 nitrogen and oxygen atoms in total. The lowest BCUT2D eigenvalue weighted by atomic mass is 9.99. The van der Waals surface area contributed by atoms with Crippen LogP contribution in [0.15, 0.2) is 83.0 Å². The van der Waals surface area contributed by atoms with Crippen LogP contribution in [0.1, 0.15) is 33.4 Å². The van der Waals surface area contributed by atoms with Crippen LogP contribution in [0.5, 0.6) is 0 Å². The number of nitrogens with zero attached hydrogens (tertiary/aromatic N) is 2. The monoisotopic (exact) mass is 342 g/mol. The van der Waals surface area contributed by atoms with Crippen molar-refractivity contribution in [2.75, 3.05) is 0 Å². The highest BCUT2D eigenvalue weighted by atomic mass is 15.1. The van der Waals surface area contributed by atoms with Gasteiger partial charge in [0.1, 0.15) is 0 Å². The van der Waals surface area contributed by atoms with E-state index < -0.39 is 0 Å². The molecule has 0 saturated carbocycles. The molecule has 3 aromatic carbocycles. The Morgan fingerprint density at radius 1 is 0.500 bits per heavy atom. The summed E-state index contributed by atoms with van der Waals surface area (Å²) >= 11 is 0. The van der Waals surface area contributed by atoms with Gasteiger partial charge in [-0.2, -0.15) is 10.2 Å².